The number of rotatable bonds is 2. The van der Waals surface area contributed by atoms with Crippen molar-refractivity contribution in [3.05, 3.63) is 30.2 Å². The Hall–Kier alpha value is -2.24. The fraction of sp³-hybridized carbons (Fsp3) is 0.111. The zero-order valence-electron chi connectivity index (χ0n) is 7.95. The van der Waals surface area contributed by atoms with E-state index in [0.717, 1.165) is 0 Å². The minimum Gasteiger partial charge on any atom is -0.478 e. The molecule has 0 aliphatic heterocycles. The average molecular weight is 204 g/mol. The fourth-order valence-corrected chi connectivity index (χ4v) is 1.28. The molecule has 0 atom stereocenters. The molecule has 0 amide bonds. The van der Waals surface area contributed by atoms with Crippen molar-refractivity contribution in [1.82, 2.24) is 19.7 Å². The monoisotopic (exact) mass is 204 g/mol. The predicted octanol–water partition coefficient (Wildman–Crippen LogP) is 0.575. The molecule has 0 fully saturated rings. The number of aromatic carboxylic acids is 1. The summed E-state index contributed by atoms with van der Waals surface area (Å²) in [5, 5.41) is 12.8. The molecule has 6 nitrogen and oxygen atoms in total. The Kier molecular flexibility index (Phi) is 2.17. The van der Waals surface area contributed by atoms with Gasteiger partial charge in [-0.3, -0.25) is 4.68 Å². The maximum atomic E-state index is 10.9. The van der Waals surface area contributed by atoms with Crippen molar-refractivity contribution in [2.75, 3.05) is 0 Å². The molecular weight excluding hydrogens is 196 g/mol. The first-order valence-electron chi connectivity index (χ1n) is 4.23. The van der Waals surface area contributed by atoms with Crippen molar-refractivity contribution in [1.29, 1.82) is 0 Å². The largest absolute Gasteiger partial charge is 0.478 e. The average Bonchev–Trinajstić information content (AvgIpc) is 2.61. The van der Waals surface area contributed by atoms with Gasteiger partial charge < -0.3 is 5.11 Å². The Balaban J connectivity index is 2.62. The van der Waals surface area contributed by atoms with Crippen LogP contribution in [0.15, 0.2) is 24.7 Å². The highest BCUT2D eigenvalue weighted by molar-refractivity contribution is 5.93. The number of carboxylic acids is 1. The van der Waals surface area contributed by atoms with E-state index in [2.05, 4.69) is 15.1 Å². The van der Waals surface area contributed by atoms with E-state index in [1.54, 1.807) is 25.5 Å². The van der Waals surface area contributed by atoms with Crippen molar-refractivity contribution in [3.63, 3.8) is 0 Å². The molecule has 0 bridgehead atoms. The van der Waals surface area contributed by atoms with Crippen molar-refractivity contribution in [2.45, 2.75) is 0 Å². The van der Waals surface area contributed by atoms with Crippen LogP contribution in [0.3, 0.4) is 0 Å². The van der Waals surface area contributed by atoms with E-state index in [-0.39, 0.29) is 5.56 Å². The van der Waals surface area contributed by atoms with Gasteiger partial charge in [0.05, 0.1) is 6.20 Å². The molecule has 15 heavy (non-hydrogen) atoms. The third-order valence-electron chi connectivity index (χ3n) is 1.95. The van der Waals surface area contributed by atoms with Crippen LogP contribution < -0.4 is 0 Å². The molecule has 2 heterocycles. The van der Waals surface area contributed by atoms with Crippen LogP contribution in [-0.2, 0) is 7.05 Å². The zero-order chi connectivity index (χ0) is 10.8. The third-order valence-corrected chi connectivity index (χ3v) is 1.95. The first-order valence-corrected chi connectivity index (χ1v) is 4.23. The molecule has 6 heteroatoms. The predicted molar refractivity (Wildman–Crippen MR) is 51.2 cm³/mol. The molecule has 0 radical (unpaired) electrons. The molecule has 0 aliphatic rings. The van der Waals surface area contributed by atoms with Gasteiger partial charge in [0.2, 0.25) is 0 Å². The summed E-state index contributed by atoms with van der Waals surface area (Å²) >= 11 is 0. The molecule has 2 aromatic heterocycles. The van der Waals surface area contributed by atoms with Crippen LogP contribution in [0.5, 0.6) is 0 Å². The molecular formula is C9H8N4O2. The van der Waals surface area contributed by atoms with E-state index in [1.807, 2.05) is 0 Å². The van der Waals surface area contributed by atoms with Gasteiger partial charge in [-0.05, 0) is 6.07 Å². The van der Waals surface area contributed by atoms with Crippen LogP contribution in [0, 0.1) is 0 Å². The van der Waals surface area contributed by atoms with Crippen LogP contribution in [-0.4, -0.2) is 30.8 Å². The highest BCUT2D eigenvalue weighted by atomic mass is 16.4. The lowest BCUT2D eigenvalue weighted by molar-refractivity contribution is 0.0697. The number of nitrogens with zero attached hydrogens (tertiary/aromatic N) is 4. The molecule has 0 unspecified atom stereocenters. The van der Waals surface area contributed by atoms with Crippen molar-refractivity contribution in [3.8, 4) is 11.5 Å². The number of aryl methyl sites for hydroxylation is 1. The lowest BCUT2D eigenvalue weighted by Crippen LogP contribution is -2.03. The van der Waals surface area contributed by atoms with Gasteiger partial charge in [0.25, 0.3) is 0 Å². The molecule has 1 N–H and O–H groups in total. The number of aromatic nitrogens is 4. The van der Waals surface area contributed by atoms with E-state index < -0.39 is 5.97 Å². The lowest BCUT2D eigenvalue weighted by atomic mass is 10.2. The fourth-order valence-electron chi connectivity index (χ4n) is 1.28. The van der Waals surface area contributed by atoms with E-state index >= 15 is 0 Å². The zero-order valence-corrected chi connectivity index (χ0v) is 7.95. The summed E-state index contributed by atoms with van der Waals surface area (Å²) in [6.07, 6.45) is 4.40. The molecule has 76 valence electrons. The Morgan fingerprint density at radius 1 is 1.40 bits per heavy atom. The number of hydrogen-bond acceptors (Lipinski definition) is 4. The molecule has 0 spiro atoms. The first kappa shape index (κ1) is 9.32. The molecule has 0 aromatic carbocycles. The standard InChI is InChI=1S/C9H8N4O2/c1-13-7(6(5-12-13)9(14)15)8-10-3-2-4-11-8/h2-5H,1H3,(H,14,15). The second-order valence-corrected chi connectivity index (χ2v) is 2.91. The summed E-state index contributed by atoms with van der Waals surface area (Å²) in [6, 6.07) is 1.67. The molecule has 2 aromatic rings. The van der Waals surface area contributed by atoms with Gasteiger partial charge in [-0.2, -0.15) is 5.10 Å². The smallest absolute Gasteiger partial charge is 0.339 e. The highest BCUT2D eigenvalue weighted by Gasteiger charge is 2.18. The van der Waals surface area contributed by atoms with Gasteiger partial charge in [0.15, 0.2) is 5.82 Å². The maximum absolute atomic E-state index is 10.9. The van der Waals surface area contributed by atoms with Gasteiger partial charge in [-0.25, -0.2) is 14.8 Å². The second-order valence-electron chi connectivity index (χ2n) is 2.91. The van der Waals surface area contributed by atoms with E-state index in [1.165, 1.54) is 10.9 Å². The van der Waals surface area contributed by atoms with Gasteiger partial charge in [0, 0.05) is 19.4 Å². The second kappa shape index (κ2) is 3.49. The summed E-state index contributed by atoms with van der Waals surface area (Å²) < 4.78 is 1.44. The van der Waals surface area contributed by atoms with Crippen LogP contribution in [0.4, 0.5) is 0 Å². The topological polar surface area (TPSA) is 80.9 Å². The molecule has 2 rings (SSSR count). The first-order chi connectivity index (χ1) is 7.20. The van der Waals surface area contributed by atoms with Gasteiger partial charge in [0.1, 0.15) is 11.3 Å². The van der Waals surface area contributed by atoms with E-state index in [4.69, 9.17) is 5.11 Å². The van der Waals surface area contributed by atoms with E-state index in [0.29, 0.717) is 11.5 Å². The van der Waals surface area contributed by atoms with Gasteiger partial charge in [-0.1, -0.05) is 0 Å². The quantitative estimate of drug-likeness (QED) is 0.773. The summed E-state index contributed by atoms with van der Waals surface area (Å²) in [4.78, 5) is 18.9. The van der Waals surface area contributed by atoms with Crippen LogP contribution in [0.1, 0.15) is 10.4 Å². The Bertz CT molecular complexity index is 492. The summed E-state index contributed by atoms with van der Waals surface area (Å²) in [5.41, 5.74) is 0.506. The maximum Gasteiger partial charge on any atom is 0.339 e. The van der Waals surface area contributed by atoms with Gasteiger partial charge in [-0.15, -0.1) is 0 Å². The van der Waals surface area contributed by atoms with E-state index in [9.17, 15) is 4.79 Å². The lowest BCUT2D eigenvalue weighted by Gasteiger charge is -2.00. The van der Waals surface area contributed by atoms with Crippen molar-refractivity contribution >= 4 is 5.97 Å². The minimum atomic E-state index is -1.04. The SMILES string of the molecule is Cn1ncc(C(=O)O)c1-c1ncccn1. The molecule has 0 saturated carbocycles. The normalized spacial score (nSPS) is 10.2. The Morgan fingerprint density at radius 3 is 2.67 bits per heavy atom. The highest BCUT2D eigenvalue weighted by Crippen LogP contribution is 2.18. The van der Waals surface area contributed by atoms with Crippen LogP contribution >= 0.6 is 0 Å². The van der Waals surface area contributed by atoms with Crippen LogP contribution in [0.2, 0.25) is 0 Å². The minimum absolute atomic E-state index is 0.101. The summed E-state index contributed by atoms with van der Waals surface area (Å²) in [5.74, 6) is -0.680. The number of carbonyl (C=O) groups is 1. The van der Waals surface area contributed by atoms with Crippen LogP contribution in [0.25, 0.3) is 11.5 Å². The molecule has 0 saturated heterocycles. The Morgan fingerprint density at radius 2 is 2.07 bits per heavy atom. The van der Waals surface area contributed by atoms with Crippen molar-refractivity contribution in [2.24, 2.45) is 7.05 Å². The number of hydrogen-bond donors (Lipinski definition) is 1. The third kappa shape index (κ3) is 1.56. The summed E-state index contributed by atoms with van der Waals surface area (Å²) in [7, 11) is 1.65. The Labute approximate surface area is 85.2 Å². The number of carboxylic acid groups (broad SMARTS) is 1. The van der Waals surface area contributed by atoms with Crippen molar-refractivity contribution < 1.29 is 9.90 Å². The molecule has 0 aliphatic carbocycles. The summed E-state index contributed by atoms with van der Waals surface area (Å²) in [6.45, 7) is 0. The van der Waals surface area contributed by atoms with Gasteiger partial charge >= 0.3 is 5.97 Å².